The van der Waals surface area contributed by atoms with Crippen LogP contribution in [-0.4, -0.2) is 83.6 Å². The van der Waals surface area contributed by atoms with E-state index in [1.807, 2.05) is 30.3 Å². The van der Waals surface area contributed by atoms with Crippen LogP contribution in [0.1, 0.15) is 12.8 Å². The van der Waals surface area contributed by atoms with Crippen molar-refractivity contribution in [3.63, 3.8) is 0 Å². The van der Waals surface area contributed by atoms with Crippen molar-refractivity contribution >= 4 is 10.8 Å². The summed E-state index contributed by atoms with van der Waals surface area (Å²) in [6.07, 6.45) is 2.76. The Hall–Kier alpha value is -0.750. The normalized spacial score (nSPS) is 22.4. The Morgan fingerprint density at radius 3 is 1.87 bits per heavy atom. The first-order valence-corrected chi connectivity index (χ1v) is 10.2. The van der Waals surface area contributed by atoms with Gasteiger partial charge in [-0.3, -0.25) is 14.0 Å². The summed E-state index contributed by atoms with van der Waals surface area (Å²) in [5, 5.41) is 0. The molecule has 2 fully saturated rings. The molecule has 4 nitrogen and oxygen atoms in total. The van der Waals surface area contributed by atoms with Crippen molar-refractivity contribution < 1.29 is 4.21 Å². The maximum atomic E-state index is 12.3. The molecule has 1 aromatic carbocycles. The van der Waals surface area contributed by atoms with Crippen LogP contribution in [0.5, 0.6) is 0 Å². The number of hydrogen-bond donors (Lipinski definition) is 0. The average molecular weight is 336 g/mol. The van der Waals surface area contributed by atoms with Crippen LogP contribution in [0.4, 0.5) is 0 Å². The summed E-state index contributed by atoms with van der Waals surface area (Å²) in [4.78, 5) is 8.60. The Labute approximate surface area is 142 Å². The Morgan fingerprint density at radius 1 is 0.739 bits per heavy atom. The zero-order valence-corrected chi connectivity index (χ0v) is 14.8. The summed E-state index contributed by atoms with van der Waals surface area (Å²) < 4.78 is 12.3. The van der Waals surface area contributed by atoms with Gasteiger partial charge in [-0.1, -0.05) is 18.2 Å². The second-order valence-corrected chi connectivity index (χ2v) is 8.17. The fraction of sp³-hybridized carbons (Fsp3) is 0.667. The molecule has 0 saturated carbocycles. The third-order valence-corrected chi connectivity index (χ3v) is 6.35. The van der Waals surface area contributed by atoms with Crippen molar-refractivity contribution in [2.45, 2.75) is 17.7 Å². The largest absolute Gasteiger partial charge is 0.302 e. The van der Waals surface area contributed by atoms with Gasteiger partial charge < -0.3 is 4.90 Å². The maximum absolute atomic E-state index is 12.3. The molecular weight excluding hydrogens is 306 g/mol. The van der Waals surface area contributed by atoms with Crippen molar-refractivity contribution in [3.8, 4) is 0 Å². The maximum Gasteiger partial charge on any atom is 0.0542 e. The molecule has 0 amide bonds. The molecular formula is C18H29N3OS. The molecule has 23 heavy (non-hydrogen) atoms. The van der Waals surface area contributed by atoms with Crippen molar-refractivity contribution in [1.29, 1.82) is 0 Å². The van der Waals surface area contributed by atoms with Gasteiger partial charge in [0.15, 0.2) is 0 Å². The molecule has 0 radical (unpaired) electrons. The first-order valence-electron chi connectivity index (χ1n) is 8.92. The van der Waals surface area contributed by atoms with Gasteiger partial charge in [0.2, 0.25) is 0 Å². The molecule has 1 aromatic rings. The summed E-state index contributed by atoms with van der Waals surface area (Å²) >= 11 is 0. The first kappa shape index (κ1) is 17.1. The molecule has 2 aliphatic heterocycles. The fourth-order valence-corrected chi connectivity index (χ4v) is 4.55. The molecule has 2 aliphatic rings. The minimum Gasteiger partial charge on any atom is -0.302 e. The van der Waals surface area contributed by atoms with E-state index in [2.05, 4.69) is 14.7 Å². The summed E-state index contributed by atoms with van der Waals surface area (Å²) in [5.41, 5.74) is 0. The molecule has 0 bridgehead atoms. The predicted octanol–water partition coefficient (Wildman–Crippen LogP) is 1.51. The van der Waals surface area contributed by atoms with Gasteiger partial charge in [0, 0.05) is 56.5 Å². The van der Waals surface area contributed by atoms with Crippen LogP contribution in [-0.2, 0) is 10.8 Å². The molecule has 128 valence electrons. The topological polar surface area (TPSA) is 26.8 Å². The van der Waals surface area contributed by atoms with Crippen LogP contribution in [0.3, 0.4) is 0 Å². The van der Waals surface area contributed by atoms with Crippen LogP contribution >= 0.6 is 0 Å². The SMILES string of the molecule is O=[S@](CCN1CCN(CCN2CCCC2)CC1)c1ccccc1. The van der Waals surface area contributed by atoms with Crippen LogP contribution < -0.4 is 0 Å². The molecule has 0 N–H and O–H groups in total. The van der Waals surface area contributed by atoms with Gasteiger partial charge >= 0.3 is 0 Å². The fourth-order valence-electron chi connectivity index (χ4n) is 3.43. The van der Waals surface area contributed by atoms with Crippen LogP contribution in [0.25, 0.3) is 0 Å². The summed E-state index contributed by atoms with van der Waals surface area (Å²) in [7, 11) is -0.861. The van der Waals surface area contributed by atoms with Gasteiger partial charge in [-0.2, -0.15) is 0 Å². The third kappa shape index (κ3) is 5.38. The monoisotopic (exact) mass is 335 g/mol. The van der Waals surface area contributed by atoms with Gasteiger partial charge in [-0.25, -0.2) is 0 Å². The second kappa shape index (κ2) is 8.92. The van der Waals surface area contributed by atoms with E-state index in [1.165, 1.54) is 39.0 Å². The summed E-state index contributed by atoms with van der Waals surface area (Å²) in [6.45, 7) is 10.5. The Balaban J connectivity index is 1.32. The lowest BCUT2D eigenvalue weighted by Gasteiger charge is -2.35. The quantitative estimate of drug-likeness (QED) is 0.755. The number of rotatable bonds is 7. The van der Waals surface area contributed by atoms with E-state index in [-0.39, 0.29) is 0 Å². The van der Waals surface area contributed by atoms with Crippen molar-refractivity contribution in [3.05, 3.63) is 30.3 Å². The van der Waals surface area contributed by atoms with E-state index in [0.717, 1.165) is 43.4 Å². The molecule has 0 aliphatic carbocycles. The highest BCUT2D eigenvalue weighted by Crippen LogP contribution is 2.09. The van der Waals surface area contributed by atoms with Gasteiger partial charge in [0.05, 0.1) is 10.8 Å². The highest BCUT2D eigenvalue weighted by molar-refractivity contribution is 7.85. The number of piperazine rings is 1. The minimum atomic E-state index is -0.861. The minimum absolute atomic E-state index is 0.748. The molecule has 1 atom stereocenters. The van der Waals surface area contributed by atoms with E-state index in [4.69, 9.17) is 0 Å². The van der Waals surface area contributed by atoms with Gasteiger partial charge in [0.1, 0.15) is 0 Å². The number of likely N-dealkylation sites (tertiary alicyclic amines) is 1. The molecule has 2 saturated heterocycles. The summed E-state index contributed by atoms with van der Waals surface area (Å²) in [6, 6.07) is 9.83. The van der Waals surface area contributed by atoms with Gasteiger partial charge in [-0.15, -0.1) is 0 Å². The molecule has 3 rings (SSSR count). The number of benzene rings is 1. The molecule has 0 spiro atoms. The van der Waals surface area contributed by atoms with Crippen molar-refractivity contribution in [2.24, 2.45) is 0 Å². The molecule has 0 unspecified atom stereocenters. The van der Waals surface area contributed by atoms with E-state index in [1.54, 1.807) is 0 Å². The highest BCUT2D eigenvalue weighted by atomic mass is 32.2. The summed E-state index contributed by atoms with van der Waals surface area (Å²) in [5.74, 6) is 0.748. The zero-order chi connectivity index (χ0) is 15.9. The van der Waals surface area contributed by atoms with E-state index in [9.17, 15) is 4.21 Å². The number of hydrogen-bond acceptors (Lipinski definition) is 4. The number of nitrogens with zero attached hydrogens (tertiary/aromatic N) is 3. The standard InChI is InChI=1S/C18H29N3OS/c22-23(18-6-2-1-3-7-18)17-16-21-14-12-20(13-15-21)11-10-19-8-4-5-9-19/h1-3,6-7H,4-5,8-17H2/t23-/m1/s1. The van der Waals surface area contributed by atoms with Crippen LogP contribution in [0.15, 0.2) is 35.2 Å². The van der Waals surface area contributed by atoms with Gasteiger partial charge in [-0.05, 0) is 38.1 Å². The van der Waals surface area contributed by atoms with Crippen molar-refractivity contribution in [2.75, 3.05) is 64.7 Å². The molecule has 0 aromatic heterocycles. The smallest absolute Gasteiger partial charge is 0.0542 e. The Morgan fingerprint density at radius 2 is 1.26 bits per heavy atom. The lowest BCUT2D eigenvalue weighted by molar-refractivity contribution is 0.127. The predicted molar refractivity (Wildman–Crippen MR) is 96.3 cm³/mol. The lowest BCUT2D eigenvalue weighted by atomic mass is 10.3. The second-order valence-electron chi connectivity index (χ2n) is 6.59. The van der Waals surface area contributed by atoms with Gasteiger partial charge in [0.25, 0.3) is 0 Å². The lowest BCUT2D eigenvalue weighted by Crippen LogP contribution is -2.49. The van der Waals surface area contributed by atoms with E-state index < -0.39 is 10.8 Å². The average Bonchev–Trinajstić information content (AvgIpc) is 3.13. The van der Waals surface area contributed by atoms with E-state index in [0.29, 0.717) is 0 Å². The first-order chi connectivity index (χ1) is 11.3. The van der Waals surface area contributed by atoms with E-state index >= 15 is 0 Å². The Bertz CT molecular complexity index is 482. The molecule has 5 heteroatoms. The van der Waals surface area contributed by atoms with Crippen LogP contribution in [0, 0.1) is 0 Å². The Kier molecular flexibility index (Phi) is 6.63. The zero-order valence-electron chi connectivity index (χ0n) is 14.0. The van der Waals surface area contributed by atoms with Crippen molar-refractivity contribution in [1.82, 2.24) is 14.7 Å². The third-order valence-electron chi connectivity index (χ3n) is 5.00. The van der Waals surface area contributed by atoms with Crippen LogP contribution in [0.2, 0.25) is 0 Å². The highest BCUT2D eigenvalue weighted by Gasteiger charge is 2.19. The molecule has 2 heterocycles.